The molecule has 2 saturated heterocycles. The number of nitrogens with zero attached hydrogens (tertiary/aromatic N) is 1. The SMILES string of the molecule is COC(=O)[C@H]1N(C(C)=O)[C@H](CO)C[C@]12O[C@H](CN)[C@@H](O)[C@H](O)C2O. The molecule has 0 aromatic carbocycles. The molecule has 1 unspecified atom stereocenters. The van der Waals surface area contributed by atoms with Crippen molar-refractivity contribution in [1.29, 1.82) is 0 Å². The Morgan fingerprint density at radius 3 is 2.42 bits per heavy atom. The largest absolute Gasteiger partial charge is 0.467 e. The van der Waals surface area contributed by atoms with Gasteiger partial charge in [-0.05, 0) is 0 Å². The Bertz CT molecular complexity index is 501. The number of methoxy groups -OCH3 is 1. The van der Waals surface area contributed by atoms with Gasteiger partial charge in [0.05, 0.1) is 25.9 Å². The van der Waals surface area contributed by atoms with Crippen LogP contribution in [-0.2, 0) is 19.1 Å². The first kappa shape index (κ1) is 19.0. The van der Waals surface area contributed by atoms with Gasteiger partial charge in [0.1, 0.15) is 23.9 Å². The molecule has 138 valence electrons. The maximum absolute atomic E-state index is 12.3. The number of amides is 1. The summed E-state index contributed by atoms with van der Waals surface area (Å²) in [6, 6.07) is -2.20. The maximum atomic E-state index is 12.3. The molecule has 1 amide bonds. The molecule has 0 bridgehead atoms. The van der Waals surface area contributed by atoms with Crippen molar-refractivity contribution in [3.05, 3.63) is 0 Å². The number of carbonyl (C=O) groups is 2. The Morgan fingerprint density at radius 1 is 1.33 bits per heavy atom. The third-order valence-electron chi connectivity index (χ3n) is 4.85. The molecule has 0 saturated carbocycles. The van der Waals surface area contributed by atoms with Gasteiger partial charge in [-0.15, -0.1) is 0 Å². The van der Waals surface area contributed by atoms with E-state index in [1.54, 1.807) is 0 Å². The molecular weight excluding hydrogens is 324 g/mol. The van der Waals surface area contributed by atoms with Crippen molar-refractivity contribution in [3.63, 3.8) is 0 Å². The number of ether oxygens (including phenoxy) is 2. The van der Waals surface area contributed by atoms with Crippen LogP contribution in [0.25, 0.3) is 0 Å². The van der Waals surface area contributed by atoms with Crippen LogP contribution in [0, 0.1) is 0 Å². The van der Waals surface area contributed by atoms with Crippen LogP contribution < -0.4 is 5.73 Å². The molecule has 2 aliphatic heterocycles. The molecule has 24 heavy (non-hydrogen) atoms. The summed E-state index contributed by atoms with van der Waals surface area (Å²) in [5, 5.41) is 40.3. The monoisotopic (exact) mass is 348 g/mol. The summed E-state index contributed by atoms with van der Waals surface area (Å²) in [5.41, 5.74) is 3.80. The Balaban J connectivity index is 2.54. The molecule has 6 N–H and O–H groups in total. The first-order valence-corrected chi connectivity index (χ1v) is 7.64. The van der Waals surface area contributed by atoms with E-state index in [9.17, 15) is 30.0 Å². The second kappa shape index (κ2) is 6.90. The Hall–Kier alpha value is -1.30. The van der Waals surface area contributed by atoms with Gasteiger partial charge < -0.3 is 40.5 Å². The Kier molecular flexibility index (Phi) is 5.47. The quantitative estimate of drug-likeness (QED) is 0.323. The highest BCUT2D eigenvalue weighted by atomic mass is 16.6. The molecule has 1 spiro atoms. The van der Waals surface area contributed by atoms with Gasteiger partial charge in [0.15, 0.2) is 6.04 Å². The van der Waals surface area contributed by atoms with E-state index >= 15 is 0 Å². The summed E-state index contributed by atoms with van der Waals surface area (Å²) in [5.74, 6) is -1.39. The molecular formula is C14H24N2O8. The molecule has 2 fully saturated rings. The summed E-state index contributed by atoms with van der Waals surface area (Å²) in [6.45, 7) is 0.555. The van der Waals surface area contributed by atoms with Crippen LogP contribution in [0.4, 0.5) is 0 Å². The Labute approximate surface area is 138 Å². The van der Waals surface area contributed by atoms with Crippen molar-refractivity contribution in [2.24, 2.45) is 5.73 Å². The van der Waals surface area contributed by atoms with Gasteiger partial charge in [-0.2, -0.15) is 0 Å². The molecule has 0 aromatic heterocycles. The summed E-state index contributed by atoms with van der Waals surface area (Å²) in [6.07, 6.45) is -5.94. The molecule has 2 heterocycles. The smallest absolute Gasteiger partial charge is 0.331 e. The predicted octanol–water partition coefficient (Wildman–Crippen LogP) is -3.68. The summed E-state index contributed by atoms with van der Waals surface area (Å²) in [7, 11) is 1.11. The number of hydrogen-bond donors (Lipinski definition) is 5. The summed E-state index contributed by atoms with van der Waals surface area (Å²) >= 11 is 0. The van der Waals surface area contributed by atoms with Crippen molar-refractivity contribution < 1.29 is 39.5 Å². The standard InChI is InChI=1S/C14H24N2O8/c1-6(18)16-7(5-17)3-14(11(16)13(22)23-2)12(21)10(20)9(19)8(4-15)24-14/h7-12,17,19-21H,3-5,15H2,1-2H3/t7-,8+,9+,10-,11+,12?,14-/m0/s1. The zero-order valence-corrected chi connectivity index (χ0v) is 13.5. The Morgan fingerprint density at radius 2 is 1.96 bits per heavy atom. The van der Waals surface area contributed by atoms with E-state index in [0.717, 1.165) is 12.0 Å². The number of nitrogens with two attached hydrogens (primary N) is 1. The van der Waals surface area contributed by atoms with E-state index < -0.39 is 60.6 Å². The highest BCUT2D eigenvalue weighted by molar-refractivity contribution is 5.86. The van der Waals surface area contributed by atoms with Crippen LogP contribution in [-0.4, -0.2) is 99.6 Å². The van der Waals surface area contributed by atoms with Gasteiger partial charge in [-0.25, -0.2) is 4.79 Å². The highest BCUT2D eigenvalue weighted by Gasteiger charge is 2.66. The van der Waals surface area contributed by atoms with Crippen molar-refractivity contribution in [1.82, 2.24) is 4.90 Å². The minimum atomic E-state index is -1.74. The molecule has 2 aliphatic rings. The number of aliphatic hydroxyl groups is 4. The van der Waals surface area contributed by atoms with Crippen LogP contribution >= 0.6 is 0 Å². The number of rotatable bonds is 3. The zero-order valence-electron chi connectivity index (χ0n) is 13.5. The number of likely N-dealkylation sites (tertiary alicyclic amines) is 1. The minimum absolute atomic E-state index is 0.121. The third kappa shape index (κ3) is 2.68. The van der Waals surface area contributed by atoms with Crippen LogP contribution in [0.3, 0.4) is 0 Å². The van der Waals surface area contributed by atoms with E-state index in [2.05, 4.69) is 0 Å². The first-order chi connectivity index (χ1) is 11.2. The van der Waals surface area contributed by atoms with Crippen molar-refractivity contribution in [2.75, 3.05) is 20.3 Å². The second-order valence-electron chi connectivity index (χ2n) is 6.17. The lowest BCUT2D eigenvalue weighted by atomic mass is 9.78. The third-order valence-corrected chi connectivity index (χ3v) is 4.85. The molecule has 10 heteroatoms. The fourth-order valence-corrected chi connectivity index (χ4v) is 3.74. The molecule has 10 nitrogen and oxygen atoms in total. The van der Waals surface area contributed by atoms with Gasteiger partial charge >= 0.3 is 5.97 Å². The van der Waals surface area contributed by atoms with E-state index in [1.807, 2.05) is 0 Å². The lowest BCUT2D eigenvalue weighted by molar-refractivity contribution is -0.271. The van der Waals surface area contributed by atoms with Gasteiger partial charge in [0.2, 0.25) is 5.91 Å². The molecule has 0 radical (unpaired) electrons. The summed E-state index contributed by atoms with van der Waals surface area (Å²) in [4.78, 5) is 25.4. The average molecular weight is 348 g/mol. The van der Waals surface area contributed by atoms with E-state index in [-0.39, 0.29) is 13.0 Å². The normalized spacial score (nSPS) is 42.4. The average Bonchev–Trinajstić information content (AvgIpc) is 2.91. The minimum Gasteiger partial charge on any atom is -0.467 e. The van der Waals surface area contributed by atoms with E-state index in [1.165, 1.54) is 6.92 Å². The maximum Gasteiger partial charge on any atom is 0.331 e. The highest BCUT2D eigenvalue weighted by Crippen LogP contribution is 2.45. The fourth-order valence-electron chi connectivity index (χ4n) is 3.74. The predicted molar refractivity (Wildman–Crippen MR) is 78.5 cm³/mol. The fraction of sp³-hybridized carbons (Fsp3) is 0.857. The van der Waals surface area contributed by atoms with Crippen molar-refractivity contribution in [2.45, 2.75) is 55.4 Å². The van der Waals surface area contributed by atoms with Gasteiger partial charge in [-0.1, -0.05) is 0 Å². The molecule has 0 aliphatic carbocycles. The second-order valence-corrected chi connectivity index (χ2v) is 6.17. The van der Waals surface area contributed by atoms with Crippen LogP contribution in [0.1, 0.15) is 13.3 Å². The lowest BCUT2D eigenvalue weighted by Crippen LogP contribution is -2.70. The van der Waals surface area contributed by atoms with Gasteiger partial charge in [0.25, 0.3) is 0 Å². The van der Waals surface area contributed by atoms with Crippen molar-refractivity contribution >= 4 is 11.9 Å². The molecule has 2 rings (SSSR count). The number of aliphatic hydroxyl groups excluding tert-OH is 4. The van der Waals surface area contributed by atoms with Gasteiger partial charge in [0, 0.05) is 19.9 Å². The zero-order chi connectivity index (χ0) is 18.2. The van der Waals surface area contributed by atoms with Crippen molar-refractivity contribution in [3.8, 4) is 0 Å². The van der Waals surface area contributed by atoms with E-state index in [0.29, 0.717) is 0 Å². The number of esters is 1. The number of hydrogen-bond acceptors (Lipinski definition) is 9. The van der Waals surface area contributed by atoms with Gasteiger partial charge in [-0.3, -0.25) is 4.79 Å². The topological polar surface area (TPSA) is 163 Å². The van der Waals surface area contributed by atoms with Crippen LogP contribution in [0.2, 0.25) is 0 Å². The summed E-state index contributed by atoms with van der Waals surface area (Å²) < 4.78 is 10.5. The molecule has 7 atom stereocenters. The first-order valence-electron chi connectivity index (χ1n) is 7.64. The van der Waals surface area contributed by atoms with E-state index in [4.69, 9.17) is 15.2 Å². The molecule has 0 aromatic rings. The lowest BCUT2D eigenvalue weighted by Gasteiger charge is -2.49. The number of carbonyl (C=O) groups excluding carboxylic acids is 2. The van der Waals surface area contributed by atoms with Crippen LogP contribution in [0.5, 0.6) is 0 Å². The van der Waals surface area contributed by atoms with Crippen LogP contribution in [0.15, 0.2) is 0 Å².